The molecule has 1 fully saturated rings. The number of ether oxygens (including phenoxy) is 3. The average molecular weight is 569 g/mol. The Morgan fingerprint density at radius 2 is 1.93 bits per heavy atom. The van der Waals surface area contributed by atoms with Crippen LogP contribution in [0.5, 0.6) is 11.5 Å². The molecule has 224 valence electrons. The first kappa shape index (κ1) is 30.8. The first-order valence-electron chi connectivity index (χ1n) is 14.4. The first-order valence-corrected chi connectivity index (χ1v) is 14.4. The van der Waals surface area contributed by atoms with Gasteiger partial charge >= 0.3 is 0 Å². The molecule has 10 heteroatoms. The van der Waals surface area contributed by atoms with Gasteiger partial charge in [0.05, 0.1) is 38.5 Å². The van der Waals surface area contributed by atoms with Crippen molar-refractivity contribution in [1.82, 2.24) is 14.7 Å². The van der Waals surface area contributed by atoms with E-state index in [-0.39, 0.29) is 36.5 Å². The Kier molecular flexibility index (Phi) is 11.0. The molecule has 0 unspecified atom stereocenters. The van der Waals surface area contributed by atoms with Gasteiger partial charge in [-0.1, -0.05) is 19.1 Å². The molecule has 0 spiro atoms. The second kappa shape index (κ2) is 14.6. The van der Waals surface area contributed by atoms with Crippen molar-refractivity contribution in [2.45, 2.75) is 39.0 Å². The van der Waals surface area contributed by atoms with E-state index in [1.807, 2.05) is 31.2 Å². The summed E-state index contributed by atoms with van der Waals surface area (Å²) in [5.41, 5.74) is 2.09. The number of aliphatic hydroxyl groups excluding tert-OH is 1. The summed E-state index contributed by atoms with van der Waals surface area (Å²) in [5, 5.41) is 12.9. The van der Waals surface area contributed by atoms with Crippen LogP contribution in [-0.2, 0) is 16.1 Å². The lowest BCUT2D eigenvalue weighted by Crippen LogP contribution is -2.49. The third-order valence-corrected chi connectivity index (χ3v) is 7.81. The van der Waals surface area contributed by atoms with Gasteiger partial charge in [-0.05, 0) is 49.9 Å². The fourth-order valence-electron chi connectivity index (χ4n) is 5.24. The zero-order valence-corrected chi connectivity index (χ0v) is 24.7. The number of likely N-dealkylation sites (N-methyl/N-ethyl adjacent to an activating group) is 1. The summed E-state index contributed by atoms with van der Waals surface area (Å²) in [6, 6.07) is 12.9. The maximum Gasteiger partial charge on any atom is 0.258 e. The summed E-state index contributed by atoms with van der Waals surface area (Å²) < 4.78 is 17.2. The third kappa shape index (κ3) is 8.42. The number of morpholine rings is 1. The molecule has 10 nitrogen and oxygen atoms in total. The predicted molar refractivity (Wildman–Crippen MR) is 157 cm³/mol. The maximum atomic E-state index is 13.7. The molecule has 2 aromatic carbocycles. The van der Waals surface area contributed by atoms with Crippen LogP contribution in [0.15, 0.2) is 42.5 Å². The molecular weight excluding hydrogens is 524 g/mol. The normalized spacial score (nSPS) is 20.5. The minimum absolute atomic E-state index is 0.0129. The fourth-order valence-corrected chi connectivity index (χ4v) is 5.24. The van der Waals surface area contributed by atoms with E-state index >= 15 is 0 Å². The quantitative estimate of drug-likeness (QED) is 0.427. The molecule has 1 saturated heterocycles. The van der Waals surface area contributed by atoms with Gasteiger partial charge in [-0.2, -0.15) is 0 Å². The predicted octanol–water partition coefficient (Wildman–Crippen LogP) is 2.71. The van der Waals surface area contributed by atoms with E-state index in [4.69, 9.17) is 14.2 Å². The Labute approximate surface area is 243 Å². The van der Waals surface area contributed by atoms with Crippen LogP contribution in [0, 0.1) is 5.92 Å². The fraction of sp³-hybridized carbons (Fsp3) is 0.548. The highest BCUT2D eigenvalue weighted by Crippen LogP contribution is 2.31. The standard InChI is InChI=1S/C31H44N4O6/c1-22-18-35(23(2)21-36)31(38)27-17-25(32-30(37)11-12-34-13-15-40-16-14-34)7-10-28(27)41-29(22)20-33(3)19-24-5-8-26(39-4)9-6-24/h5-10,17,22-23,29,36H,11-16,18-21H2,1-4H3,(H,32,37)/t22-,23-,29+/m0/s1. The highest BCUT2D eigenvalue weighted by atomic mass is 16.5. The Morgan fingerprint density at radius 3 is 2.61 bits per heavy atom. The zero-order valence-electron chi connectivity index (χ0n) is 24.7. The van der Waals surface area contributed by atoms with Crippen molar-refractivity contribution in [2.24, 2.45) is 5.92 Å². The van der Waals surface area contributed by atoms with Crippen LogP contribution in [-0.4, -0.2) is 110 Å². The van der Waals surface area contributed by atoms with Crippen molar-refractivity contribution in [3.63, 3.8) is 0 Å². The number of rotatable bonds is 11. The van der Waals surface area contributed by atoms with Crippen LogP contribution in [0.3, 0.4) is 0 Å². The van der Waals surface area contributed by atoms with Crippen molar-refractivity contribution < 1.29 is 28.9 Å². The van der Waals surface area contributed by atoms with Crippen LogP contribution in [0.1, 0.15) is 36.2 Å². The van der Waals surface area contributed by atoms with Crippen molar-refractivity contribution in [3.8, 4) is 11.5 Å². The molecule has 2 amide bonds. The van der Waals surface area contributed by atoms with E-state index in [1.165, 1.54) is 0 Å². The second-order valence-electron chi connectivity index (χ2n) is 11.1. The largest absolute Gasteiger partial charge is 0.497 e. The number of hydrogen-bond donors (Lipinski definition) is 2. The van der Waals surface area contributed by atoms with Gasteiger partial charge in [0.25, 0.3) is 5.91 Å². The minimum atomic E-state index is -0.361. The molecule has 2 aliphatic rings. The average Bonchev–Trinajstić information content (AvgIpc) is 2.98. The molecule has 2 heterocycles. The van der Waals surface area contributed by atoms with Crippen LogP contribution >= 0.6 is 0 Å². The number of amides is 2. The lowest BCUT2D eigenvalue weighted by Gasteiger charge is -2.38. The zero-order chi connectivity index (χ0) is 29.4. The minimum Gasteiger partial charge on any atom is -0.497 e. The van der Waals surface area contributed by atoms with Crippen LogP contribution in [0.4, 0.5) is 5.69 Å². The van der Waals surface area contributed by atoms with Crippen LogP contribution < -0.4 is 14.8 Å². The molecule has 3 atom stereocenters. The lowest BCUT2D eigenvalue weighted by molar-refractivity contribution is -0.116. The highest BCUT2D eigenvalue weighted by molar-refractivity contribution is 5.99. The number of nitrogens with zero attached hydrogens (tertiary/aromatic N) is 3. The number of carbonyl (C=O) groups excluding carboxylic acids is 2. The van der Waals surface area contributed by atoms with E-state index in [0.717, 1.165) is 30.9 Å². The molecule has 0 saturated carbocycles. The summed E-state index contributed by atoms with van der Waals surface area (Å²) in [5.74, 6) is 0.982. The summed E-state index contributed by atoms with van der Waals surface area (Å²) in [7, 11) is 3.70. The van der Waals surface area contributed by atoms with Gasteiger partial charge in [0, 0.05) is 57.3 Å². The van der Waals surface area contributed by atoms with Gasteiger partial charge in [-0.3, -0.25) is 19.4 Å². The van der Waals surface area contributed by atoms with Gasteiger partial charge in [0.2, 0.25) is 5.91 Å². The monoisotopic (exact) mass is 568 g/mol. The number of methoxy groups -OCH3 is 1. The van der Waals surface area contributed by atoms with Crippen molar-refractivity contribution in [3.05, 3.63) is 53.6 Å². The van der Waals surface area contributed by atoms with Crippen molar-refractivity contribution in [2.75, 3.05) is 72.0 Å². The molecule has 0 aromatic heterocycles. The number of aliphatic hydroxyl groups is 1. The number of carbonyl (C=O) groups is 2. The van der Waals surface area contributed by atoms with Gasteiger partial charge in [-0.15, -0.1) is 0 Å². The summed E-state index contributed by atoms with van der Waals surface area (Å²) in [6.45, 7) is 9.27. The van der Waals surface area contributed by atoms with Gasteiger partial charge in [0.1, 0.15) is 17.6 Å². The van der Waals surface area contributed by atoms with Gasteiger partial charge < -0.3 is 29.5 Å². The maximum absolute atomic E-state index is 13.7. The molecular formula is C31H44N4O6. The highest BCUT2D eigenvalue weighted by Gasteiger charge is 2.33. The molecule has 0 aliphatic carbocycles. The Hall–Kier alpha value is -3.18. The van der Waals surface area contributed by atoms with Crippen molar-refractivity contribution in [1.29, 1.82) is 0 Å². The molecule has 0 radical (unpaired) electrons. The van der Waals surface area contributed by atoms with Gasteiger partial charge in [-0.25, -0.2) is 0 Å². The van der Waals surface area contributed by atoms with E-state index in [9.17, 15) is 14.7 Å². The van der Waals surface area contributed by atoms with Crippen LogP contribution in [0.25, 0.3) is 0 Å². The van der Waals surface area contributed by atoms with Gasteiger partial charge in [0.15, 0.2) is 0 Å². The Balaban J connectivity index is 1.49. The van der Waals surface area contributed by atoms with E-state index < -0.39 is 0 Å². The Morgan fingerprint density at radius 1 is 1.20 bits per heavy atom. The summed E-state index contributed by atoms with van der Waals surface area (Å²) in [6.07, 6.45) is 0.155. The van der Waals surface area contributed by atoms with Crippen molar-refractivity contribution >= 4 is 17.5 Å². The smallest absolute Gasteiger partial charge is 0.258 e. The summed E-state index contributed by atoms with van der Waals surface area (Å²) in [4.78, 5) is 32.5. The van der Waals surface area contributed by atoms with E-state index in [1.54, 1.807) is 30.2 Å². The molecule has 4 rings (SSSR count). The molecule has 2 aliphatic heterocycles. The number of nitrogens with one attached hydrogen (secondary N) is 1. The molecule has 0 bridgehead atoms. The molecule has 2 aromatic rings. The second-order valence-corrected chi connectivity index (χ2v) is 11.1. The number of hydrogen-bond acceptors (Lipinski definition) is 8. The number of anilines is 1. The van der Waals surface area contributed by atoms with Crippen LogP contribution in [0.2, 0.25) is 0 Å². The number of benzene rings is 2. The number of fused-ring (bicyclic) bond motifs is 1. The first-order chi connectivity index (χ1) is 19.8. The summed E-state index contributed by atoms with van der Waals surface area (Å²) >= 11 is 0. The molecule has 41 heavy (non-hydrogen) atoms. The topological polar surface area (TPSA) is 104 Å². The molecule has 2 N–H and O–H groups in total. The van der Waals surface area contributed by atoms with E-state index in [0.29, 0.717) is 56.3 Å². The van der Waals surface area contributed by atoms with E-state index in [2.05, 4.69) is 29.1 Å². The lowest BCUT2D eigenvalue weighted by atomic mass is 9.99. The SMILES string of the molecule is COc1ccc(CN(C)C[C@H]2Oc3ccc(NC(=O)CCN4CCOCC4)cc3C(=O)N([C@@H](C)CO)C[C@@H]2C)cc1. The third-order valence-electron chi connectivity index (χ3n) is 7.81. The Bertz CT molecular complexity index is 1150.